The van der Waals surface area contributed by atoms with Crippen LogP contribution in [0.5, 0.6) is 0 Å². The zero-order chi connectivity index (χ0) is 23.9. The number of benzene rings is 2. The van der Waals surface area contributed by atoms with Crippen molar-refractivity contribution in [1.82, 2.24) is 4.31 Å². The Labute approximate surface area is 199 Å². The molecule has 2 aromatic rings. The topological polar surface area (TPSA) is 91.0 Å². The second-order valence-electron chi connectivity index (χ2n) is 9.17. The van der Waals surface area contributed by atoms with Gasteiger partial charge in [0.2, 0.25) is 15.9 Å². The summed E-state index contributed by atoms with van der Waals surface area (Å²) < 4.78 is 47.5. The maximum absolute atomic E-state index is 14.6. The second kappa shape index (κ2) is 9.16. The Morgan fingerprint density at radius 1 is 1.06 bits per heavy atom. The molecule has 10 heteroatoms. The number of nitrogens with one attached hydrogen (secondary N) is 2. The highest BCUT2D eigenvalue weighted by Gasteiger charge is 2.57. The van der Waals surface area contributed by atoms with Gasteiger partial charge in [-0.2, -0.15) is 4.31 Å². The Balaban J connectivity index is 1.13. The minimum absolute atomic E-state index is 0.203. The van der Waals surface area contributed by atoms with E-state index in [2.05, 4.69) is 10.6 Å². The number of amides is 1. The highest BCUT2D eigenvalue weighted by Crippen LogP contribution is 2.52. The van der Waals surface area contributed by atoms with Crippen molar-refractivity contribution in [1.29, 1.82) is 0 Å². The third-order valence-corrected chi connectivity index (χ3v) is 8.84. The first-order chi connectivity index (χ1) is 16.3. The first-order valence-electron chi connectivity index (χ1n) is 11.6. The Morgan fingerprint density at radius 2 is 1.71 bits per heavy atom. The molecule has 2 heterocycles. The molecule has 2 aliphatic heterocycles. The van der Waals surface area contributed by atoms with Gasteiger partial charge in [0.25, 0.3) is 0 Å². The number of fused-ring (bicyclic) bond motifs is 1. The molecule has 1 aliphatic carbocycles. The molecule has 2 N–H and O–H groups in total. The van der Waals surface area contributed by atoms with Gasteiger partial charge in [-0.3, -0.25) is 4.79 Å². The number of anilines is 3. The van der Waals surface area contributed by atoms with Crippen molar-refractivity contribution in [2.24, 2.45) is 17.8 Å². The number of nitrogens with zero attached hydrogens (tertiary/aromatic N) is 2. The summed E-state index contributed by atoms with van der Waals surface area (Å²) in [5.74, 6) is 0.572. The fourth-order valence-electron chi connectivity index (χ4n) is 5.09. The number of hydrogen-bond donors (Lipinski definition) is 2. The molecular formula is C24H29FN4O4S. The van der Waals surface area contributed by atoms with Crippen LogP contribution in [-0.2, 0) is 19.6 Å². The normalized spacial score (nSPS) is 24.5. The lowest BCUT2D eigenvalue weighted by Gasteiger charge is -2.29. The van der Waals surface area contributed by atoms with Crippen LogP contribution in [0, 0.1) is 23.6 Å². The van der Waals surface area contributed by atoms with Crippen LogP contribution in [0.25, 0.3) is 0 Å². The highest BCUT2D eigenvalue weighted by molar-refractivity contribution is 7.89. The summed E-state index contributed by atoms with van der Waals surface area (Å²) in [6.07, 6.45) is 0. The summed E-state index contributed by atoms with van der Waals surface area (Å²) >= 11 is 0. The van der Waals surface area contributed by atoms with Gasteiger partial charge >= 0.3 is 0 Å². The number of carbonyl (C=O) groups excluding carboxylic acids is 1. The van der Waals surface area contributed by atoms with Crippen molar-refractivity contribution in [2.75, 3.05) is 61.5 Å². The van der Waals surface area contributed by atoms with Gasteiger partial charge in [0.1, 0.15) is 5.82 Å². The van der Waals surface area contributed by atoms with Gasteiger partial charge in [0.05, 0.1) is 23.8 Å². The summed E-state index contributed by atoms with van der Waals surface area (Å²) in [7, 11) is -3.56. The second-order valence-corrected chi connectivity index (χ2v) is 11.1. The first kappa shape index (κ1) is 23.1. The van der Waals surface area contributed by atoms with E-state index in [1.165, 1.54) is 25.1 Å². The average Bonchev–Trinajstić information content (AvgIpc) is 3.26. The van der Waals surface area contributed by atoms with Crippen LogP contribution in [0.4, 0.5) is 21.5 Å². The fraction of sp³-hybridized carbons (Fsp3) is 0.458. The quantitative estimate of drug-likeness (QED) is 0.623. The van der Waals surface area contributed by atoms with Gasteiger partial charge in [-0.05, 0) is 60.2 Å². The van der Waals surface area contributed by atoms with E-state index in [4.69, 9.17) is 4.74 Å². The minimum Gasteiger partial charge on any atom is -0.385 e. The molecule has 3 aliphatic rings. The highest BCUT2D eigenvalue weighted by atomic mass is 32.2. The molecule has 0 aromatic heterocycles. The van der Waals surface area contributed by atoms with E-state index in [1.54, 1.807) is 16.4 Å². The Morgan fingerprint density at radius 3 is 2.32 bits per heavy atom. The van der Waals surface area contributed by atoms with E-state index in [0.29, 0.717) is 75.1 Å². The molecule has 1 amide bonds. The molecule has 34 heavy (non-hydrogen) atoms. The van der Waals surface area contributed by atoms with E-state index in [9.17, 15) is 17.6 Å². The summed E-state index contributed by atoms with van der Waals surface area (Å²) in [6.45, 7) is 5.70. The van der Waals surface area contributed by atoms with Crippen molar-refractivity contribution in [3.63, 3.8) is 0 Å². The van der Waals surface area contributed by atoms with Crippen LogP contribution in [-0.4, -0.2) is 64.6 Å². The summed E-state index contributed by atoms with van der Waals surface area (Å²) in [6, 6.07) is 11.5. The molecule has 2 unspecified atom stereocenters. The smallest absolute Gasteiger partial charge is 0.243 e. The molecule has 2 saturated heterocycles. The fourth-order valence-corrected chi connectivity index (χ4v) is 6.60. The molecule has 0 bridgehead atoms. The van der Waals surface area contributed by atoms with Gasteiger partial charge in [-0.25, -0.2) is 12.8 Å². The number of sulfonamides is 1. The summed E-state index contributed by atoms with van der Waals surface area (Å²) in [5, 5.41) is 5.97. The third-order valence-electron chi connectivity index (χ3n) is 6.99. The number of rotatable bonds is 7. The first-order valence-corrected chi connectivity index (χ1v) is 13.0. The van der Waals surface area contributed by atoms with E-state index in [0.717, 1.165) is 5.69 Å². The van der Waals surface area contributed by atoms with E-state index >= 15 is 0 Å². The average molecular weight is 489 g/mol. The lowest BCUT2D eigenvalue weighted by atomic mass is 10.2. The van der Waals surface area contributed by atoms with Gasteiger partial charge < -0.3 is 20.3 Å². The van der Waals surface area contributed by atoms with Gasteiger partial charge in [0, 0.05) is 51.0 Å². The Bertz CT molecular complexity index is 1160. The third kappa shape index (κ3) is 4.62. The van der Waals surface area contributed by atoms with Gasteiger partial charge in [-0.15, -0.1) is 0 Å². The monoisotopic (exact) mass is 488 g/mol. The molecule has 0 spiro atoms. The van der Waals surface area contributed by atoms with E-state index < -0.39 is 10.0 Å². The zero-order valence-corrected chi connectivity index (χ0v) is 19.9. The summed E-state index contributed by atoms with van der Waals surface area (Å²) in [4.78, 5) is 13.4. The van der Waals surface area contributed by atoms with Crippen molar-refractivity contribution in [2.45, 2.75) is 11.8 Å². The minimum atomic E-state index is -3.56. The number of halogens is 1. The molecule has 1 saturated carbocycles. The number of carbonyl (C=O) groups is 1. The van der Waals surface area contributed by atoms with Gasteiger partial charge in [0.15, 0.2) is 0 Å². The molecule has 8 nitrogen and oxygen atoms in total. The number of morpholine rings is 1. The lowest BCUT2D eigenvalue weighted by molar-refractivity contribution is -0.114. The standard InChI is InChI=1S/C24H29FN4O4S/c1-16(30)27-17-2-5-19(6-3-17)34(31,32)29-14-21-20(22(21)15-29)13-26-18-4-7-24(23(25)12-18)28-8-10-33-11-9-28/h2-7,12,20-22,26H,8-11,13-15H2,1H3,(H,27,30). The number of piperidine rings is 1. The molecule has 3 fully saturated rings. The van der Waals surface area contributed by atoms with Crippen LogP contribution in [0.1, 0.15) is 6.92 Å². The van der Waals surface area contributed by atoms with Crippen LogP contribution in [0.3, 0.4) is 0 Å². The predicted octanol–water partition coefficient (Wildman–Crippen LogP) is 2.60. The Kier molecular flexibility index (Phi) is 6.22. The molecule has 0 radical (unpaired) electrons. The van der Waals surface area contributed by atoms with Gasteiger partial charge in [-0.1, -0.05) is 0 Å². The maximum Gasteiger partial charge on any atom is 0.243 e. The number of ether oxygens (including phenoxy) is 1. The molecule has 5 rings (SSSR count). The van der Waals surface area contributed by atoms with Crippen molar-refractivity contribution in [3.8, 4) is 0 Å². The zero-order valence-electron chi connectivity index (χ0n) is 19.0. The predicted molar refractivity (Wildman–Crippen MR) is 128 cm³/mol. The van der Waals surface area contributed by atoms with Crippen LogP contribution in [0.15, 0.2) is 47.4 Å². The Hall–Kier alpha value is -2.69. The molecule has 182 valence electrons. The molecular weight excluding hydrogens is 459 g/mol. The molecule has 2 aromatic carbocycles. The number of hydrogen-bond acceptors (Lipinski definition) is 6. The van der Waals surface area contributed by atoms with Crippen LogP contribution in [0.2, 0.25) is 0 Å². The lowest BCUT2D eigenvalue weighted by Crippen LogP contribution is -2.36. The SMILES string of the molecule is CC(=O)Nc1ccc(S(=O)(=O)N2CC3C(CNc4ccc(N5CCOCC5)c(F)c4)C3C2)cc1. The van der Waals surface area contributed by atoms with Crippen molar-refractivity contribution < 1.29 is 22.3 Å². The van der Waals surface area contributed by atoms with Crippen molar-refractivity contribution in [3.05, 3.63) is 48.3 Å². The maximum atomic E-state index is 14.6. The van der Waals surface area contributed by atoms with E-state index in [1.807, 2.05) is 17.0 Å². The molecule has 2 atom stereocenters. The van der Waals surface area contributed by atoms with E-state index in [-0.39, 0.29) is 16.6 Å². The van der Waals surface area contributed by atoms with Crippen molar-refractivity contribution >= 4 is 33.0 Å². The largest absolute Gasteiger partial charge is 0.385 e. The summed E-state index contributed by atoms with van der Waals surface area (Å²) in [5.41, 5.74) is 1.91. The van der Waals surface area contributed by atoms with Crippen LogP contribution < -0.4 is 15.5 Å². The van der Waals surface area contributed by atoms with Crippen LogP contribution >= 0.6 is 0 Å².